The summed E-state index contributed by atoms with van der Waals surface area (Å²) in [5.41, 5.74) is 0.809. The lowest BCUT2D eigenvalue weighted by Crippen LogP contribution is -2.30. The number of rotatable bonds is 2. The third kappa shape index (κ3) is 2.85. The summed E-state index contributed by atoms with van der Waals surface area (Å²) in [7, 11) is 0. The molecule has 0 aromatic heterocycles. The molecular formula is C22H26F2. The first kappa shape index (κ1) is 16.1. The van der Waals surface area contributed by atoms with Crippen LogP contribution in [-0.2, 0) is 0 Å². The molecule has 0 spiro atoms. The lowest BCUT2D eigenvalue weighted by atomic mass is 9.63. The summed E-state index contributed by atoms with van der Waals surface area (Å²) in [6.45, 7) is 2.31. The fourth-order valence-electron chi connectivity index (χ4n) is 5.23. The van der Waals surface area contributed by atoms with Gasteiger partial charge in [0.2, 0.25) is 0 Å². The van der Waals surface area contributed by atoms with Crippen molar-refractivity contribution in [3.63, 3.8) is 0 Å². The molecule has 0 aliphatic heterocycles. The zero-order valence-electron chi connectivity index (χ0n) is 14.4. The van der Waals surface area contributed by atoms with Gasteiger partial charge in [0.25, 0.3) is 0 Å². The van der Waals surface area contributed by atoms with Gasteiger partial charge in [-0.1, -0.05) is 31.9 Å². The van der Waals surface area contributed by atoms with Crippen molar-refractivity contribution < 1.29 is 8.78 Å². The van der Waals surface area contributed by atoms with E-state index in [4.69, 9.17) is 0 Å². The van der Waals surface area contributed by atoms with Crippen LogP contribution in [0.25, 0.3) is 10.8 Å². The summed E-state index contributed by atoms with van der Waals surface area (Å²) < 4.78 is 28.5. The fraction of sp³-hybridized carbons (Fsp3) is 0.545. The van der Waals surface area contributed by atoms with E-state index in [1.165, 1.54) is 44.2 Å². The maximum Gasteiger partial charge on any atom is 0.131 e. The van der Waals surface area contributed by atoms with Crippen LogP contribution in [0.1, 0.15) is 63.4 Å². The largest absolute Gasteiger partial charge is 0.207 e. The average molecular weight is 328 g/mol. The first-order valence-corrected chi connectivity index (χ1v) is 9.53. The molecule has 0 amide bonds. The van der Waals surface area contributed by atoms with E-state index < -0.39 is 0 Å². The Morgan fingerprint density at radius 2 is 1.71 bits per heavy atom. The van der Waals surface area contributed by atoms with Crippen LogP contribution < -0.4 is 0 Å². The highest BCUT2D eigenvalue weighted by Gasteiger charge is 2.36. The van der Waals surface area contributed by atoms with Crippen LogP contribution in [0.3, 0.4) is 0 Å². The van der Waals surface area contributed by atoms with Crippen molar-refractivity contribution in [1.29, 1.82) is 0 Å². The Bertz CT molecular complexity index is 736. The molecule has 4 rings (SSSR count). The molecule has 2 aliphatic rings. The van der Waals surface area contributed by atoms with Crippen molar-refractivity contribution >= 4 is 10.8 Å². The molecule has 0 heterocycles. The molecule has 2 fully saturated rings. The quantitative estimate of drug-likeness (QED) is 0.567. The van der Waals surface area contributed by atoms with Crippen molar-refractivity contribution in [2.24, 2.45) is 17.8 Å². The molecule has 2 aromatic rings. The predicted octanol–water partition coefficient (Wildman–Crippen LogP) is 6.83. The smallest absolute Gasteiger partial charge is 0.131 e. The van der Waals surface area contributed by atoms with Crippen LogP contribution >= 0.6 is 0 Å². The first-order chi connectivity index (χ1) is 11.7. The number of hydrogen-bond acceptors (Lipinski definition) is 0. The number of hydrogen-bond donors (Lipinski definition) is 0. The third-order valence-electron chi connectivity index (χ3n) is 6.68. The lowest BCUT2D eigenvalue weighted by Gasteiger charge is -2.42. The van der Waals surface area contributed by atoms with Gasteiger partial charge >= 0.3 is 0 Å². The van der Waals surface area contributed by atoms with Crippen molar-refractivity contribution in [3.05, 3.63) is 47.5 Å². The Morgan fingerprint density at radius 3 is 2.54 bits per heavy atom. The van der Waals surface area contributed by atoms with Gasteiger partial charge in [0.15, 0.2) is 0 Å². The van der Waals surface area contributed by atoms with Gasteiger partial charge in [-0.05, 0) is 84.9 Å². The van der Waals surface area contributed by atoms with Gasteiger partial charge in [0.1, 0.15) is 11.6 Å². The van der Waals surface area contributed by atoms with E-state index in [1.54, 1.807) is 6.07 Å². The Labute approximate surface area is 143 Å². The molecule has 4 unspecified atom stereocenters. The van der Waals surface area contributed by atoms with Crippen LogP contribution in [0.4, 0.5) is 8.78 Å². The molecule has 0 radical (unpaired) electrons. The second kappa shape index (κ2) is 6.46. The van der Waals surface area contributed by atoms with E-state index in [-0.39, 0.29) is 11.6 Å². The van der Waals surface area contributed by atoms with E-state index in [2.05, 4.69) is 6.92 Å². The van der Waals surface area contributed by atoms with Crippen molar-refractivity contribution in [2.75, 3.05) is 0 Å². The Kier molecular flexibility index (Phi) is 4.32. The summed E-state index contributed by atoms with van der Waals surface area (Å²) in [6, 6.07) is 8.30. The second-order valence-corrected chi connectivity index (χ2v) is 7.95. The van der Waals surface area contributed by atoms with E-state index in [0.29, 0.717) is 11.3 Å². The van der Waals surface area contributed by atoms with E-state index >= 15 is 0 Å². The number of benzene rings is 2. The minimum atomic E-state index is -0.334. The van der Waals surface area contributed by atoms with Gasteiger partial charge in [-0.3, -0.25) is 0 Å². The van der Waals surface area contributed by atoms with Gasteiger partial charge in [0.05, 0.1) is 0 Å². The molecule has 0 saturated heterocycles. The van der Waals surface area contributed by atoms with E-state index in [9.17, 15) is 8.78 Å². The second-order valence-electron chi connectivity index (χ2n) is 7.95. The van der Waals surface area contributed by atoms with Gasteiger partial charge in [0, 0.05) is 5.39 Å². The molecule has 4 atom stereocenters. The maximum atomic E-state index is 14.7. The van der Waals surface area contributed by atoms with Gasteiger partial charge < -0.3 is 0 Å². The third-order valence-corrected chi connectivity index (χ3v) is 6.68. The van der Waals surface area contributed by atoms with Crippen LogP contribution in [0.15, 0.2) is 30.3 Å². The highest BCUT2D eigenvalue weighted by Crippen LogP contribution is 2.48. The van der Waals surface area contributed by atoms with Crippen molar-refractivity contribution in [2.45, 2.75) is 57.8 Å². The molecule has 2 aromatic carbocycles. The van der Waals surface area contributed by atoms with Crippen LogP contribution in [0.2, 0.25) is 0 Å². The van der Waals surface area contributed by atoms with Gasteiger partial charge in [-0.25, -0.2) is 8.78 Å². The van der Waals surface area contributed by atoms with Gasteiger partial charge in [-0.2, -0.15) is 0 Å². The average Bonchev–Trinajstić information content (AvgIpc) is 2.61. The SMILES string of the molecule is CCC1CCC2CC(c3cc4cccc(F)c4cc3F)CCC2C1. The molecular weight excluding hydrogens is 302 g/mol. The van der Waals surface area contributed by atoms with E-state index in [1.807, 2.05) is 12.1 Å². The Morgan fingerprint density at radius 1 is 0.917 bits per heavy atom. The molecule has 24 heavy (non-hydrogen) atoms. The van der Waals surface area contributed by atoms with Crippen LogP contribution in [0.5, 0.6) is 0 Å². The summed E-state index contributed by atoms with van der Waals surface area (Å²) in [5, 5.41) is 1.22. The molecule has 0 bridgehead atoms. The monoisotopic (exact) mass is 328 g/mol. The number of fused-ring (bicyclic) bond motifs is 2. The summed E-state index contributed by atoms with van der Waals surface area (Å²) in [6.07, 6.45) is 8.75. The Hall–Kier alpha value is -1.44. The summed E-state index contributed by atoms with van der Waals surface area (Å²) in [4.78, 5) is 0. The lowest BCUT2D eigenvalue weighted by molar-refractivity contribution is 0.115. The maximum absolute atomic E-state index is 14.7. The summed E-state index contributed by atoms with van der Waals surface area (Å²) in [5.74, 6) is 2.26. The van der Waals surface area contributed by atoms with Crippen molar-refractivity contribution in [1.82, 2.24) is 0 Å². The van der Waals surface area contributed by atoms with E-state index in [0.717, 1.165) is 41.5 Å². The minimum absolute atomic E-state index is 0.224. The predicted molar refractivity (Wildman–Crippen MR) is 95.1 cm³/mol. The molecule has 2 aliphatic carbocycles. The topological polar surface area (TPSA) is 0 Å². The minimum Gasteiger partial charge on any atom is -0.207 e. The van der Waals surface area contributed by atoms with Crippen LogP contribution in [0, 0.1) is 29.4 Å². The zero-order chi connectivity index (χ0) is 16.7. The number of halogens is 2. The zero-order valence-corrected chi connectivity index (χ0v) is 14.4. The van der Waals surface area contributed by atoms with Crippen molar-refractivity contribution in [3.8, 4) is 0 Å². The first-order valence-electron chi connectivity index (χ1n) is 9.53. The molecule has 0 N–H and O–H groups in total. The summed E-state index contributed by atoms with van der Waals surface area (Å²) >= 11 is 0. The highest BCUT2D eigenvalue weighted by atomic mass is 19.1. The normalized spacial score (nSPS) is 30.3. The molecule has 2 heteroatoms. The molecule has 0 nitrogen and oxygen atoms in total. The van der Waals surface area contributed by atoms with Gasteiger partial charge in [-0.15, -0.1) is 0 Å². The fourth-order valence-corrected chi connectivity index (χ4v) is 5.23. The highest BCUT2D eigenvalue weighted by molar-refractivity contribution is 5.84. The van der Waals surface area contributed by atoms with Crippen LogP contribution in [-0.4, -0.2) is 0 Å². The molecule has 128 valence electrons. The standard InChI is InChI=1S/C22H26F2/c1-2-14-6-7-16-11-18(9-8-15(16)10-14)19-12-17-4-3-5-21(23)20(17)13-22(19)24/h3-5,12-16,18H,2,6-11H2,1H3. The Balaban J connectivity index is 1.59. The molecule has 2 saturated carbocycles.